The second-order valence-electron chi connectivity index (χ2n) is 10.2. The largest absolute Gasteiger partial charge is 0.417 e. The molecule has 1 saturated heterocycles. The molecule has 5 rings (SSSR count). The number of aromatic nitrogens is 4. The molecule has 0 atom stereocenters. The van der Waals surface area contributed by atoms with E-state index in [-0.39, 0.29) is 6.04 Å². The van der Waals surface area contributed by atoms with E-state index in [9.17, 15) is 22.8 Å². The molecule has 4 heterocycles. The van der Waals surface area contributed by atoms with Crippen LogP contribution in [0.3, 0.4) is 0 Å². The zero-order valence-corrected chi connectivity index (χ0v) is 23.0. The molecule has 0 unspecified atom stereocenters. The number of nitrogens with zero attached hydrogens (tertiary/aromatic N) is 7. The lowest BCUT2D eigenvalue weighted by atomic mass is 10.0. The van der Waals surface area contributed by atoms with Crippen molar-refractivity contribution in [3.8, 4) is 0 Å². The van der Waals surface area contributed by atoms with Crippen LogP contribution in [0, 0.1) is 0 Å². The fraction of sp³-hybridized carbons (Fsp3) is 0.357. The number of rotatable bonds is 6. The van der Waals surface area contributed by atoms with Crippen LogP contribution in [-0.2, 0) is 19.8 Å². The number of carbonyl (C=O) groups is 1. The normalized spacial score (nSPS) is 14.3. The maximum Gasteiger partial charge on any atom is 0.417 e. The van der Waals surface area contributed by atoms with Crippen molar-refractivity contribution in [3.05, 3.63) is 82.5 Å². The van der Waals surface area contributed by atoms with Gasteiger partial charge in [-0.15, -0.1) is 0 Å². The van der Waals surface area contributed by atoms with Gasteiger partial charge in [-0.2, -0.15) is 22.8 Å². The highest BCUT2D eigenvalue weighted by atomic mass is 19.4. The number of aryl methyl sites for hydroxylation is 1. The Morgan fingerprint density at radius 1 is 1.12 bits per heavy atom. The first-order valence-electron chi connectivity index (χ1n) is 13.2. The third-order valence-electron chi connectivity index (χ3n) is 7.44. The molecule has 0 spiro atoms. The van der Waals surface area contributed by atoms with E-state index in [2.05, 4.69) is 37.3 Å². The molecule has 41 heavy (non-hydrogen) atoms. The number of urea groups is 1. The summed E-state index contributed by atoms with van der Waals surface area (Å²) < 4.78 is 42.3. The van der Waals surface area contributed by atoms with Gasteiger partial charge in [-0.3, -0.25) is 4.79 Å². The van der Waals surface area contributed by atoms with Crippen LogP contribution in [-0.4, -0.2) is 63.3 Å². The average Bonchev–Trinajstić information content (AvgIpc) is 3.39. The number of carbonyl (C=O) groups excluding carboxylic acids is 1. The number of piperidine rings is 1. The van der Waals surface area contributed by atoms with Crippen molar-refractivity contribution in [2.24, 2.45) is 7.05 Å². The Hall–Kier alpha value is -4.55. The van der Waals surface area contributed by atoms with Gasteiger partial charge in [0.15, 0.2) is 5.65 Å². The van der Waals surface area contributed by atoms with E-state index in [1.807, 2.05) is 35.8 Å². The Morgan fingerprint density at radius 3 is 2.51 bits per heavy atom. The molecule has 0 aliphatic carbocycles. The predicted molar refractivity (Wildman–Crippen MR) is 150 cm³/mol. The number of benzene rings is 1. The Labute approximate surface area is 234 Å². The molecular formula is C28H31F3N8O2. The summed E-state index contributed by atoms with van der Waals surface area (Å²) in [7, 11) is 4.80. The van der Waals surface area contributed by atoms with Gasteiger partial charge in [0.05, 0.1) is 11.8 Å². The fourth-order valence-corrected chi connectivity index (χ4v) is 5.14. The molecular weight excluding hydrogens is 537 g/mol. The minimum Gasteiger partial charge on any atom is -0.367 e. The maximum atomic E-state index is 13.2. The van der Waals surface area contributed by atoms with E-state index in [4.69, 9.17) is 0 Å². The third kappa shape index (κ3) is 5.83. The molecule has 4 aromatic rings. The summed E-state index contributed by atoms with van der Waals surface area (Å²) in [5, 5.41) is 6.98. The molecule has 1 fully saturated rings. The second kappa shape index (κ2) is 11.1. The van der Waals surface area contributed by atoms with Crippen molar-refractivity contribution in [3.63, 3.8) is 0 Å². The summed E-state index contributed by atoms with van der Waals surface area (Å²) in [6, 6.07) is 11.9. The molecule has 1 N–H and O–H groups in total. The molecule has 1 aromatic carbocycles. The predicted octanol–water partition coefficient (Wildman–Crippen LogP) is 4.22. The number of anilines is 3. The summed E-state index contributed by atoms with van der Waals surface area (Å²) in [6.45, 7) is 1.96. The lowest BCUT2D eigenvalue weighted by Gasteiger charge is -2.37. The summed E-state index contributed by atoms with van der Waals surface area (Å²) in [5.74, 6) is 0.900. The first kappa shape index (κ1) is 28.0. The second-order valence-corrected chi connectivity index (χ2v) is 10.2. The van der Waals surface area contributed by atoms with Crippen molar-refractivity contribution in [2.75, 3.05) is 42.3 Å². The minimum absolute atomic E-state index is 0.164. The number of fused-ring (bicyclic) bond motifs is 1. The number of hydrogen-bond donors (Lipinski definition) is 1. The number of nitrogens with one attached hydrogen (secondary N) is 1. The van der Waals surface area contributed by atoms with Crippen molar-refractivity contribution in [1.29, 1.82) is 0 Å². The lowest BCUT2D eigenvalue weighted by molar-refractivity contribution is -0.138. The summed E-state index contributed by atoms with van der Waals surface area (Å²) in [5.41, 5.74) is 0.648. The standard InChI is InChI=1S/C28H31F3N8O2/c1-35(17-19-7-5-4-6-8-19)24-9-12-32-25-23(16-33-39(24)25)38-13-10-21(11-14-38)37(3)27(41)34-22-15-20(28(29,30)31)18-36(2)26(22)40/h4-9,12,15-16,18,21H,10-11,13-14,17H2,1-3H3,(H,34,41). The molecule has 0 bridgehead atoms. The van der Waals surface area contributed by atoms with Crippen molar-refractivity contribution >= 4 is 28.9 Å². The smallest absolute Gasteiger partial charge is 0.367 e. The molecule has 1 aliphatic rings. The van der Waals surface area contributed by atoms with E-state index >= 15 is 0 Å². The van der Waals surface area contributed by atoms with Crippen LogP contribution < -0.4 is 20.7 Å². The van der Waals surface area contributed by atoms with Gasteiger partial charge in [0, 0.05) is 59.2 Å². The highest BCUT2D eigenvalue weighted by molar-refractivity contribution is 5.89. The van der Waals surface area contributed by atoms with Crippen molar-refractivity contribution < 1.29 is 18.0 Å². The first-order chi connectivity index (χ1) is 19.5. The van der Waals surface area contributed by atoms with Gasteiger partial charge < -0.3 is 24.6 Å². The van der Waals surface area contributed by atoms with E-state index in [1.165, 1.54) is 17.5 Å². The zero-order valence-electron chi connectivity index (χ0n) is 23.0. The number of amides is 2. The van der Waals surface area contributed by atoms with Gasteiger partial charge in [-0.05, 0) is 30.5 Å². The molecule has 2 amide bonds. The van der Waals surface area contributed by atoms with Gasteiger partial charge >= 0.3 is 12.2 Å². The molecule has 13 heteroatoms. The van der Waals surface area contributed by atoms with Crippen LogP contribution in [0.25, 0.3) is 5.65 Å². The SMILES string of the molecule is CN(Cc1ccccc1)c1ccnc2c(N3CCC(N(C)C(=O)Nc4cc(C(F)(F)F)cn(C)c4=O)CC3)cnn12. The molecule has 1 aliphatic heterocycles. The lowest BCUT2D eigenvalue weighted by Crippen LogP contribution is -2.47. The van der Waals surface area contributed by atoms with Gasteiger partial charge in [0.1, 0.15) is 17.2 Å². The highest BCUT2D eigenvalue weighted by Gasteiger charge is 2.33. The van der Waals surface area contributed by atoms with Gasteiger partial charge in [0.2, 0.25) is 0 Å². The topological polar surface area (TPSA) is 91.0 Å². The third-order valence-corrected chi connectivity index (χ3v) is 7.44. The van der Waals surface area contributed by atoms with Gasteiger partial charge in [-0.1, -0.05) is 30.3 Å². The highest BCUT2D eigenvalue weighted by Crippen LogP contribution is 2.30. The van der Waals surface area contributed by atoms with Crippen molar-refractivity contribution in [2.45, 2.75) is 31.6 Å². The van der Waals surface area contributed by atoms with Crippen LogP contribution in [0.1, 0.15) is 24.0 Å². The van der Waals surface area contributed by atoms with Crippen LogP contribution >= 0.6 is 0 Å². The Bertz CT molecular complexity index is 1590. The van der Waals surface area contributed by atoms with Gasteiger partial charge in [-0.25, -0.2) is 9.78 Å². The van der Waals surface area contributed by atoms with E-state index < -0.39 is 29.0 Å². The molecule has 3 aromatic heterocycles. The summed E-state index contributed by atoms with van der Waals surface area (Å²) >= 11 is 0. The Morgan fingerprint density at radius 2 is 1.83 bits per heavy atom. The Balaban J connectivity index is 1.25. The first-order valence-corrected chi connectivity index (χ1v) is 13.2. The number of pyridine rings is 1. The van der Waals surface area contributed by atoms with Crippen LogP contribution in [0.15, 0.2) is 65.8 Å². The Kier molecular flexibility index (Phi) is 7.61. The quantitative estimate of drug-likeness (QED) is 0.375. The number of hydrogen-bond acceptors (Lipinski definition) is 6. The zero-order chi connectivity index (χ0) is 29.3. The average molecular weight is 569 g/mol. The van der Waals surface area contributed by atoms with Crippen LogP contribution in [0.4, 0.5) is 35.2 Å². The van der Waals surface area contributed by atoms with Crippen molar-refractivity contribution in [1.82, 2.24) is 24.1 Å². The monoisotopic (exact) mass is 568 g/mol. The number of alkyl halides is 3. The molecule has 10 nitrogen and oxygen atoms in total. The van der Waals surface area contributed by atoms with E-state index in [0.29, 0.717) is 44.7 Å². The van der Waals surface area contributed by atoms with Crippen LogP contribution in [0.2, 0.25) is 0 Å². The van der Waals surface area contributed by atoms with E-state index in [0.717, 1.165) is 21.7 Å². The minimum atomic E-state index is -4.64. The van der Waals surface area contributed by atoms with Gasteiger partial charge in [0.25, 0.3) is 5.56 Å². The molecule has 0 radical (unpaired) electrons. The molecule has 0 saturated carbocycles. The number of halogens is 3. The van der Waals surface area contributed by atoms with Crippen LogP contribution in [0.5, 0.6) is 0 Å². The summed E-state index contributed by atoms with van der Waals surface area (Å²) in [4.78, 5) is 35.6. The summed E-state index contributed by atoms with van der Waals surface area (Å²) in [6.07, 6.45) is 0.860. The maximum absolute atomic E-state index is 13.2. The fourth-order valence-electron chi connectivity index (χ4n) is 5.14. The molecule has 216 valence electrons. The van der Waals surface area contributed by atoms with E-state index in [1.54, 1.807) is 19.4 Å².